The maximum Gasteiger partial charge on any atom is 0.144 e. The van der Waals surface area contributed by atoms with Gasteiger partial charge in [0.2, 0.25) is 0 Å². The van der Waals surface area contributed by atoms with E-state index in [1.807, 2.05) is 12.1 Å². The third-order valence-electron chi connectivity index (χ3n) is 4.44. The van der Waals surface area contributed by atoms with Gasteiger partial charge in [0.1, 0.15) is 11.8 Å². The lowest BCUT2D eigenvalue weighted by atomic mass is 9.77. The van der Waals surface area contributed by atoms with Gasteiger partial charge in [-0.15, -0.1) is 0 Å². The van der Waals surface area contributed by atoms with Crippen LogP contribution in [0.5, 0.6) is 0 Å². The Hall–Kier alpha value is -1.40. The molecule has 0 spiro atoms. The minimum absolute atomic E-state index is 0.405. The lowest BCUT2D eigenvalue weighted by Gasteiger charge is -2.29. The van der Waals surface area contributed by atoms with Gasteiger partial charge in [0.15, 0.2) is 0 Å². The van der Waals surface area contributed by atoms with Gasteiger partial charge in [-0.2, -0.15) is 5.26 Å². The van der Waals surface area contributed by atoms with E-state index in [1.165, 1.54) is 19.3 Å². The van der Waals surface area contributed by atoms with Crippen molar-refractivity contribution in [2.45, 2.75) is 46.6 Å². The molecular weight excluding hydrogens is 246 g/mol. The summed E-state index contributed by atoms with van der Waals surface area (Å²) in [5.41, 5.74) is 2.04. The molecule has 1 aromatic rings. The molecule has 2 heterocycles. The number of nitriles is 1. The second-order valence-corrected chi connectivity index (χ2v) is 6.89. The normalized spacial score (nSPS) is 21.2. The summed E-state index contributed by atoms with van der Waals surface area (Å²) < 4.78 is 0. The van der Waals surface area contributed by atoms with Crippen molar-refractivity contribution in [2.75, 3.05) is 13.1 Å². The summed E-state index contributed by atoms with van der Waals surface area (Å²) in [5.74, 6) is 0.803. The minimum Gasteiger partial charge on any atom is -0.299 e. The molecule has 1 atom stereocenters. The Kier molecular flexibility index (Phi) is 4.77. The van der Waals surface area contributed by atoms with Crippen LogP contribution in [0.3, 0.4) is 0 Å². The van der Waals surface area contributed by atoms with Gasteiger partial charge < -0.3 is 0 Å². The first kappa shape index (κ1) is 15.0. The number of hydrogen-bond donors (Lipinski definition) is 0. The zero-order valence-electron chi connectivity index (χ0n) is 12.9. The van der Waals surface area contributed by atoms with Crippen molar-refractivity contribution in [3.63, 3.8) is 0 Å². The lowest BCUT2D eigenvalue weighted by molar-refractivity contribution is 0.206. The highest BCUT2D eigenvalue weighted by Gasteiger charge is 2.27. The molecule has 0 aromatic carbocycles. The van der Waals surface area contributed by atoms with Crippen LogP contribution < -0.4 is 0 Å². The van der Waals surface area contributed by atoms with Gasteiger partial charge in [-0.1, -0.05) is 26.8 Å². The Morgan fingerprint density at radius 1 is 1.35 bits per heavy atom. The number of pyridine rings is 1. The zero-order valence-corrected chi connectivity index (χ0v) is 12.9. The van der Waals surface area contributed by atoms with Crippen LogP contribution in [0.2, 0.25) is 0 Å². The average molecular weight is 271 g/mol. The fourth-order valence-corrected chi connectivity index (χ4v) is 3.09. The molecule has 0 bridgehead atoms. The highest BCUT2D eigenvalue weighted by Crippen LogP contribution is 2.34. The summed E-state index contributed by atoms with van der Waals surface area (Å²) in [6, 6.07) is 6.14. The predicted molar refractivity (Wildman–Crippen MR) is 81.0 cm³/mol. The molecule has 1 aliphatic heterocycles. The molecule has 2 rings (SSSR count). The predicted octanol–water partition coefficient (Wildman–Crippen LogP) is 3.60. The van der Waals surface area contributed by atoms with E-state index in [4.69, 9.17) is 5.26 Å². The molecule has 108 valence electrons. The van der Waals surface area contributed by atoms with Crippen molar-refractivity contribution in [1.82, 2.24) is 9.88 Å². The van der Waals surface area contributed by atoms with Crippen molar-refractivity contribution >= 4 is 0 Å². The van der Waals surface area contributed by atoms with E-state index in [2.05, 4.69) is 36.7 Å². The summed E-state index contributed by atoms with van der Waals surface area (Å²) in [7, 11) is 0. The highest BCUT2D eigenvalue weighted by atomic mass is 15.1. The van der Waals surface area contributed by atoms with E-state index in [0.717, 1.165) is 31.1 Å². The second kappa shape index (κ2) is 6.37. The summed E-state index contributed by atoms with van der Waals surface area (Å²) in [4.78, 5) is 6.63. The zero-order chi connectivity index (χ0) is 14.6. The maximum atomic E-state index is 9.12. The van der Waals surface area contributed by atoms with Gasteiger partial charge in [-0.05, 0) is 49.8 Å². The summed E-state index contributed by atoms with van der Waals surface area (Å²) in [6.45, 7) is 10.2. The third-order valence-corrected chi connectivity index (χ3v) is 4.44. The van der Waals surface area contributed by atoms with Crippen LogP contribution in [0, 0.1) is 22.7 Å². The van der Waals surface area contributed by atoms with Crippen LogP contribution >= 0.6 is 0 Å². The first-order valence-corrected chi connectivity index (χ1v) is 7.57. The Morgan fingerprint density at radius 3 is 2.85 bits per heavy atom. The monoisotopic (exact) mass is 271 g/mol. The lowest BCUT2D eigenvalue weighted by Crippen LogP contribution is -2.26. The average Bonchev–Trinajstić information content (AvgIpc) is 2.64. The van der Waals surface area contributed by atoms with E-state index < -0.39 is 0 Å². The molecule has 0 N–H and O–H groups in total. The Morgan fingerprint density at radius 2 is 2.15 bits per heavy atom. The van der Waals surface area contributed by atoms with E-state index >= 15 is 0 Å². The molecule has 0 radical (unpaired) electrons. The van der Waals surface area contributed by atoms with Gasteiger partial charge >= 0.3 is 0 Å². The third kappa shape index (κ3) is 3.80. The SMILES string of the molecule is CC(C)(C)C1CCCN(Cc2cccnc2C#N)CC1. The number of likely N-dealkylation sites (tertiary alicyclic amines) is 1. The number of nitrogens with zero attached hydrogens (tertiary/aromatic N) is 3. The maximum absolute atomic E-state index is 9.12. The quantitative estimate of drug-likeness (QED) is 0.825. The smallest absolute Gasteiger partial charge is 0.144 e. The molecule has 1 aromatic heterocycles. The molecule has 1 saturated heterocycles. The van der Waals surface area contributed by atoms with Crippen molar-refractivity contribution in [2.24, 2.45) is 11.3 Å². The van der Waals surface area contributed by atoms with Crippen molar-refractivity contribution in [3.05, 3.63) is 29.6 Å². The molecule has 3 nitrogen and oxygen atoms in total. The fraction of sp³-hybridized carbons (Fsp3) is 0.647. The standard InChI is InChI=1S/C17H25N3/c1-17(2,3)15-7-5-10-20(11-8-15)13-14-6-4-9-19-16(14)12-18/h4,6,9,15H,5,7-8,10-11,13H2,1-3H3. The molecule has 1 fully saturated rings. The molecule has 0 saturated carbocycles. The summed E-state index contributed by atoms with van der Waals surface area (Å²) >= 11 is 0. The molecule has 3 heteroatoms. The largest absolute Gasteiger partial charge is 0.299 e. The first-order chi connectivity index (χ1) is 9.50. The van der Waals surface area contributed by atoms with Gasteiger partial charge in [0.05, 0.1) is 0 Å². The van der Waals surface area contributed by atoms with Gasteiger partial charge in [-0.25, -0.2) is 4.98 Å². The van der Waals surface area contributed by atoms with Crippen LogP contribution in [-0.4, -0.2) is 23.0 Å². The summed E-state index contributed by atoms with van der Waals surface area (Å²) in [5, 5.41) is 9.12. The van der Waals surface area contributed by atoms with E-state index in [9.17, 15) is 0 Å². The molecule has 1 unspecified atom stereocenters. The molecule has 20 heavy (non-hydrogen) atoms. The van der Waals surface area contributed by atoms with Crippen LogP contribution in [0.1, 0.15) is 51.3 Å². The molecule has 0 aliphatic carbocycles. The van der Waals surface area contributed by atoms with Crippen LogP contribution in [0.25, 0.3) is 0 Å². The molecule has 0 amide bonds. The molecule has 1 aliphatic rings. The number of aromatic nitrogens is 1. The van der Waals surface area contributed by atoms with E-state index in [0.29, 0.717) is 11.1 Å². The Bertz CT molecular complexity index is 482. The number of hydrogen-bond acceptors (Lipinski definition) is 3. The fourth-order valence-electron chi connectivity index (χ4n) is 3.09. The number of rotatable bonds is 2. The van der Waals surface area contributed by atoms with E-state index in [1.54, 1.807) is 6.20 Å². The van der Waals surface area contributed by atoms with Gasteiger partial charge in [0, 0.05) is 18.3 Å². The van der Waals surface area contributed by atoms with Gasteiger partial charge in [-0.3, -0.25) is 4.90 Å². The highest BCUT2D eigenvalue weighted by molar-refractivity contribution is 5.30. The second-order valence-electron chi connectivity index (χ2n) is 6.89. The van der Waals surface area contributed by atoms with Crippen molar-refractivity contribution in [1.29, 1.82) is 5.26 Å². The summed E-state index contributed by atoms with van der Waals surface area (Å²) in [6.07, 6.45) is 5.52. The van der Waals surface area contributed by atoms with Crippen LogP contribution in [0.4, 0.5) is 0 Å². The minimum atomic E-state index is 0.405. The topological polar surface area (TPSA) is 39.9 Å². The van der Waals surface area contributed by atoms with Crippen molar-refractivity contribution < 1.29 is 0 Å². The van der Waals surface area contributed by atoms with Crippen molar-refractivity contribution in [3.8, 4) is 6.07 Å². The van der Waals surface area contributed by atoms with Crippen LogP contribution in [-0.2, 0) is 6.54 Å². The van der Waals surface area contributed by atoms with Crippen LogP contribution in [0.15, 0.2) is 18.3 Å². The first-order valence-electron chi connectivity index (χ1n) is 7.57. The molecular formula is C17H25N3. The Labute approximate surface area is 122 Å². The Balaban J connectivity index is 2.00. The van der Waals surface area contributed by atoms with E-state index in [-0.39, 0.29) is 0 Å². The van der Waals surface area contributed by atoms with Gasteiger partial charge in [0.25, 0.3) is 0 Å².